The highest BCUT2D eigenvalue weighted by Gasteiger charge is 2.18. The van der Waals surface area contributed by atoms with Crippen molar-refractivity contribution in [3.8, 4) is 5.88 Å². The van der Waals surface area contributed by atoms with Crippen LogP contribution >= 0.6 is 0 Å². The number of aromatic nitrogens is 1. The number of rotatable bonds is 4. The summed E-state index contributed by atoms with van der Waals surface area (Å²) in [4.78, 5) is 14.2. The van der Waals surface area contributed by atoms with Crippen LogP contribution in [0, 0.1) is 10.1 Å². The third-order valence-corrected chi connectivity index (χ3v) is 2.78. The van der Waals surface area contributed by atoms with Gasteiger partial charge in [-0.2, -0.15) is 0 Å². The Morgan fingerprint density at radius 1 is 1.59 bits per heavy atom. The van der Waals surface area contributed by atoms with Crippen molar-refractivity contribution in [2.75, 3.05) is 13.2 Å². The van der Waals surface area contributed by atoms with Crippen LogP contribution in [-0.4, -0.2) is 29.1 Å². The highest BCUT2D eigenvalue weighted by Crippen LogP contribution is 2.23. The smallest absolute Gasteiger partial charge is 0.330 e. The molecule has 0 bridgehead atoms. The maximum atomic E-state index is 10.7. The maximum Gasteiger partial charge on any atom is 0.330 e. The average Bonchev–Trinajstić information content (AvgIpc) is 2.38. The number of hydrogen-bond donors (Lipinski definition) is 1. The van der Waals surface area contributed by atoms with Crippen molar-refractivity contribution >= 4 is 5.69 Å². The average molecular weight is 237 g/mol. The van der Waals surface area contributed by atoms with E-state index in [9.17, 15) is 10.1 Å². The van der Waals surface area contributed by atoms with Crippen LogP contribution in [0.1, 0.15) is 19.3 Å². The van der Waals surface area contributed by atoms with Gasteiger partial charge in [0.1, 0.15) is 6.61 Å². The monoisotopic (exact) mass is 237 g/mol. The van der Waals surface area contributed by atoms with Gasteiger partial charge >= 0.3 is 5.69 Å². The second-order valence-corrected chi connectivity index (χ2v) is 4.04. The van der Waals surface area contributed by atoms with E-state index in [0.29, 0.717) is 6.61 Å². The van der Waals surface area contributed by atoms with E-state index in [4.69, 9.17) is 4.74 Å². The Hall–Kier alpha value is -1.69. The van der Waals surface area contributed by atoms with Crippen molar-refractivity contribution in [1.82, 2.24) is 10.3 Å². The lowest BCUT2D eigenvalue weighted by atomic mass is 10.1. The van der Waals surface area contributed by atoms with Gasteiger partial charge in [0, 0.05) is 18.3 Å². The molecule has 0 radical (unpaired) electrons. The van der Waals surface area contributed by atoms with E-state index in [2.05, 4.69) is 10.3 Å². The quantitative estimate of drug-likeness (QED) is 0.634. The van der Waals surface area contributed by atoms with Gasteiger partial charge in [-0.15, -0.1) is 0 Å². The van der Waals surface area contributed by atoms with Gasteiger partial charge in [-0.3, -0.25) is 10.1 Å². The minimum absolute atomic E-state index is 0.0803. The Morgan fingerprint density at radius 3 is 3.18 bits per heavy atom. The summed E-state index contributed by atoms with van der Waals surface area (Å²) in [7, 11) is 0. The van der Waals surface area contributed by atoms with Gasteiger partial charge in [0.25, 0.3) is 5.88 Å². The van der Waals surface area contributed by atoms with Gasteiger partial charge < -0.3 is 10.1 Å². The summed E-state index contributed by atoms with van der Waals surface area (Å²) in [6.45, 7) is 1.41. The molecule has 1 aromatic rings. The number of nitro groups is 1. The second-order valence-electron chi connectivity index (χ2n) is 4.04. The fourth-order valence-corrected chi connectivity index (χ4v) is 1.88. The first-order chi connectivity index (χ1) is 8.27. The van der Waals surface area contributed by atoms with E-state index in [0.717, 1.165) is 13.0 Å². The molecule has 6 heteroatoms. The molecule has 0 unspecified atom stereocenters. The fraction of sp³-hybridized carbons (Fsp3) is 0.545. The molecule has 0 aromatic carbocycles. The summed E-state index contributed by atoms with van der Waals surface area (Å²) in [6.07, 6.45) is 4.89. The number of piperidine rings is 1. The summed E-state index contributed by atoms with van der Waals surface area (Å²) < 4.78 is 5.42. The van der Waals surface area contributed by atoms with E-state index < -0.39 is 4.92 Å². The van der Waals surface area contributed by atoms with Crippen LogP contribution in [0.25, 0.3) is 0 Å². The van der Waals surface area contributed by atoms with Gasteiger partial charge in [0.2, 0.25) is 0 Å². The van der Waals surface area contributed by atoms with Crippen molar-refractivity contribution in [3.63, 3.8) is 0 Å². The van der Waals surface area contributed by atoms with Crippen molar-refractivity contribution < 1.29 is 9.66 Å². The molecule has 0 aliphatic carbocycles. The normalized spacial score (nSPS) is 19.9. The van der Waals surface area contributed by atoms with Crippen LogP contribution in [0.15, 0.2) is 18.3 Å². The van der Waals surface area contributed by atoms with Crippen molar-refractivity contribution in [1.29, 1.82) is 0 Å². The van der Waals surface area contributed by atoms with Crippen LogP contribution in [-0.2, 0) is 0 Å². The Kier molecular flexibility index (Phi) is 3.87. The molecule has 0 amide bonds. The zero-order valence-corrected chi connectivity index (χ0v) is 9.46. The molecule has 1 atom stereocenters. The molecule has 1 N–H and O–H groups in total. The second kappa shape index (κ2) is 5.58. The number of hydrogen-bond acceptors (Lipinski definition) is 5. The molecular weight excluding hydrogens is 222 g/mol. The van der Waals surface area contributed by atoms with Gasteiger partial charge in [-0.05, 0) is 25.5 Å². The van der Waals surface area contributed by atoms with Crippen LogP contribution in [0.5, 0.6) is 5.88 Å². The summed E-state index contributed by atoms with van der Waals surface area (Å²) >= 11 is 0. The first-order valence-electron chi connectivity index (χ1n) is 5.73. The zero-order chi connectivity index (χ0) is 12.1. The van der Waals surface area contributed by atoms with E-state index in [1.807, 2.05) is 0 Å². The molecule has 0 saturated carbocycles. The topological polar surface area (TPSA) is 77.3 Å². The Balaban J connectivity index is 1.96. The SMILES string of the molecule is O=[N+]([O-])c1cccnc1OC[C@@H]1CCCCN1. The predicted molar refractivity (Wildman–Crippen MR) is 62.0 cm³/mol. The lowest BCUT2D eigenvalue weighted by molar-refractivity contribution is -0.386. The van der Waals surface area contributed by atoms with Crippen molar-refractivity contribution in [2.45, 2.75) is 25.3 Å². The minimum Gasteiger partial charge on any atom is -0.471 e. The minimum atomic E-state index is -0.476. The molecule has 2 rings (SSSR count). The summed E-state index contributed by atoms with van der Waals surface area (Å²) in [6, 6.07) is 3.20. The third kappa shape index (κ3) is 3.13. The van der Waals surface area contributed by atoms with E-state index in [1.54, 1.807) is 0 Å². The molecule has 2 heterocycles. The summed E-state index contributed by atoms with van der Waals surface area (Å²) in [5.41, 5.74) is -0.0803. The number of nitrogens with one attached hydrogen (secondary N) is 1. The Labute approximate surface area is 99.2 Å². The molecule has 92 valence electrons. The molecule has 1 saturated heterocycles. The summed E-state index contributed by atoms with van der Waals surface area (Å²) in [5.74, 6) is 0.102. The van der Waals surface area contributed by atoms with Gasteiger partial charge in [0.15, 0.2) is 0 Å². The number of nitrogens with zero attached hydrogens (tertiary/aromatic N) is 2. The standard InChI is InChI=1S/C11H15N3O3/c15-14(16)10-5-3-7-13-11(10)17-8-9-4-1-2-6-12-9/h3,5,7,9,12H,1-2,4,6,8H2/t9-/m0/s1. The van der Waals surface area contributed by atoms with Gasteiger partial charge in [0.05, 0.1) is 4.92 Å². The number of ether oxygens (including phenoxy) is 1. The zero-order valence-electron chi connectivity index (χ0n) is 9.46. The van der Waals surface area contributed by atoms with Crippen LogP contribution < -0.4 is 10.1 Å². The van der Waals surface area contributed by atoms with E-state index in [-0.39, 0.29) is 17.6 Å². The highest BCUT2D eigenvalue weighted by molar-refractivity contribution is 5.39. The number of pyridine rings is 1. The van der Waals surface area contributed by atoms with Crippen LogP contribution in [0.3, 0.4) is 0 Å². The Morgan fingerprint density at radius 2 is 2.47 bits per heavy atom. The van der Waals surface area contributed by atoms with E-state index >= 15 is 0 Å². The van der Waals surface area contributed by atoms with E-state index in [1.165, 1.54) is 31.2 Å². The molecule has 1 aliphatic heterocycles. The van der Waals surface area contributed by atoms with Crippen LogP contribution in [0.2, 0.25) is 0 Å². The van der Waals surface area contributed by atoms with Crippen molar-refractivity contribution in [2.24, 2.45) is 0 Å². The van der Waals surface area contributed by atoms with Gasteiger partial charge in [-0.25, -0.2) is 4.98 Å². The van der Waals surface area contributed by atoms with Crippen LogP contribution in [0.4, 0.5) is 5.69 Å². The maximum absolute atomic E-state index is 10.7. The molecule has 6 nitrogen and oxygen atoms in total. The predicted octanol–water partition coefficient (Wildman–Crippen LogP) is 1.51. The largest absolute Gasteiger partial charge is 0.471 e. The molecular formula is C11H15N3O3. The molecule has 1 fully saturated rings. The molecule has 1 aliphatic rings. The highest BCUT2D eigenvalue weighted by atomic mass is 16.6. The molecule has 17 heavy (non-hydrogen) atoms. The Bertz CT molecular complexity index is 391. The fourth-order valence-electron chi connectivity index (χ4n) is 1.88. The third-order valence-electron chi connectivity index (χ3n) is 2.78. The summed E-state index contributed by atoms with van der Waals surface area (Å²) in [5, 5.41) is 14.1. The molecule has 0 spiro atoms. The molecule has 1 aromatic heterocycles. The van der Waals surface area contributed by atoms with Crippen molar-refractivity contribution in [3.05, 3.63) is 28.4 Å². The van der Waals surface area contributed by atoms with Gasteiger partial charge in [-0.1, -0.05) is 6.42 Å². The first kappa shape index (κ1) is 11.8. The lowest BCUT2D eigenvalue weighted by Gasteiger charge is -2.22. The lowest BCUT2D eigenvalue weighted by Crippen LogP contribution is -2.38. The first-order valence-corrected chi connectivity index (χ1v) is 5.73.